The second kappa shape index (κ2) is 5.52. The molecule has 1 N–H and O–H groups in total. The molecule has 1 aromatic carbocycles. The highest BCUT2D eigenvalue weighted by Gasteiger charge is 2.27. The van der Waals surface area contributed by atoms with Crippen molar-refractivity contribution in [2.24, 2.45) is 0 Å². The maximum Gasteiger partial charge on any atom is 0.272 e. The lowest BCUT2D eigenvalue weighted by Gasteiger charge is -2.09. The zero-order valence-electron chi connectivity index (χ0n) is 11.0. The summed E-state index contributed by atoms with van der Waals surface area (Å²) in [6.45, 7) is 2.06. The topological polar surface area (TPSA) is 34.0 Å². The number of nitrogens with one attached hydrogen (secondary N) is 1. The Balaban J connectivity index is 1.84. The SMILES string of the molecule is Cc1ccc(NC(=O)c2cc(Br)cn2C2CC2)cc1I. The van der Waals surface area contributed by atoms with Crippen molar-refractivity contribution in [3.05, 3.63) is 49.8 Å². The third kappa shape index (κ3) is 2.93. The fourth-order valence-electron chi connectivity index (χ4n) is 2.15. The molecule has 1 fully saturated rings. The van der Waals surface area contributed by atoms with Crippen LogP contribution in [-0.4, -0.2) is 10.5 Å². The molecule has 104 valence electrons. The van der Waals surface area contributed by atoms with Gasteiger partial charge in [0.1, 0.15) is 5.69 Å². The molecule has 0 aliphatic heterocycles. The summed E-state index contributed by atoms with van der Waals surface area (Å²) in [5.74, 6) is -0.0535. The fraction of sp³-hybridized carbons (Fsp3) is 0.267. The van der Waals surface area contributed by atoms with Gasteiger partial charge in [-0.15, -0.1) is 0 Å². The van der Waals surface area contributed by atoms with E-state index in [-0.39, 0.29) is 5.91 Å². The van der Waals surface area contributed by atoms with Gasteiger partial charge in [-0.3, -0.25) is 4.79 Å². The number of rotatable bonds is 3. The minimum absolute atomic E-state index is 0.0535. The first-order valence-electron chi connectivity index (χ1n) is 6.49. The molecule has 1 aliphatic rings. The minimum Gasteiger partial charge on any atom is -0.339 e. The third-order valence-electron chi connectivity index (χ3n) is 3.42. The number of hydrogen-bond donors (Lipinski definition) is 1. The predicted octanol–water partition coefficient (Wildman–Crippen LogP) is 4.75. The third-order valence-corrected chi connectivity index (χ3v) is 5.01. The molecule has 1 heterocycles. The predicted molar refractivity (Wildman–Crippen MR) is 92.3 cm³/mol. The average molecular weight is 445 g/mol. The molecule has 20 heavy (non-hydrogen) atoms. The molecule has 0 bridgehead atoms. The summed E-state index contributed by atoms with van der Waals surface area (Å²) >= 11 is 5.73. The van der Waals surface area contributed by atoms with Gasteiger partial charge in [0.2, 0.25) is 0 Å². The zero-order chi connectivity index (χ0) is 14.3. The number of aryl methyl sites for hydroxylation is 1. The lowest BCUT2D eigenvalue weighted by atomic mass is 10.2. The molecule has 3 rings (SSSR count). The van der Waals surface area contributed by atoms with Crippen molar-refractivity contribution in [1.82, 2.24) is 4.57 Å². The van der Waals surface area contributed by atoms with Crippen molar-refractivity contribution < 1.29 is 4.79 Å². The van der Waals surface area contributed by atoms with E-state index >= 15 is 0 Å². The second-order valence-electron chi connectivity index (χ2n) is 5.10. The monoisotopic (exact) mass is 444 g/mol. The summed E-state index contributed by atoms with van der Waals surface area (Å²) in [5, 5.41) is 2.98. The van der Waals surface area contributed by atoms with Crippen LogP contribution in [0.5, 0.6) is 0 Å². The lowest BCUT2D eigenvalue weighted by Crippen LogP contribution is -2.16. The van der Waals surface area contributed by atoms with Crippen LogP contribution >= 0.6 is 38.5 Å². The van der Waals surface area contributed by atoms with Gasteiger partial charge in [-0.05, 0) is 82.0 Å². The zero-order valence-corrected chi connectivity index (χ0v) is 14.7. The van der Waals surface area contributed by atoms with Crippen LogP contribution in [0.25, 0.3) is 0 Å². The van der Waals surface area contributed by atoms with Gasteiger partial charge < -0.3 is 9.88 Å². The van der Waals surface area contributed by atoms with E-state index in [1.54, 1.807) is 0 Å². The minimum atomic E-state index is -0.0535. The molecule has 3 nitrogen and oxygen atoms in total. The van der Waals surface area contributed by atoms with Crippen molar-refractivity contribution in [2.45, 2.75) is 25.8 Å². The summed E-state index contributed by atoms with van der Waals surface area (Å²) in [6, 6.07) is 8.32. The van der Waals surface area contributed by atoms with E-state index in [9.17, 15) is 4.79 Å². The van der Waals surface area contributed by atoms with Crippen LogP contribution in [0, 0.1) is 10.5 Å². The number of carbonyl (C=O) groups is 1. The van der Waals surface area contributed by atoms with E-state index in [2.05, 4.69) is 55.3 Å². The maximum absolute atomic E-state index is 12.4. The Morgan fingerprint density at radius 2 is 2.15 bits per heavy atom. The summed E-state index contributed by atoms with van der Waals surface area (Å²) in [7, 11) is 0. The molecule has 2 aromatic rings. The number of aromatic nitrogens is 1. The van der Waals surface area contributed by atoms with Crippen LogP contribution in [0.4, 0.5) is 5.69 Å². The molecule has 1 amide bonds. The molecule has 0 atom stereocenters. The number of hydrogen-bond acceptors (Lipinski definition) is 1. The van der Waals surface area contributed by atoms with Gasteiger partial charge in [0.25, 0.3) is 5.91 Å². The molecule has 1 aromatic heterocycles. The van der Waals surface area contributed by atoms with Gasteiger partial charge in [0, 0.05) is 26.0 Å². The molecule has 0 radical (unpaired) electrons. The number of carbonyl (C=O) groups excluding carboxylic acids is 1. The summed E-state index contributed by atoms with van der Waals surface area (Å²) < 4.78 is 4.17. The van der Waals surface area contributed by atoms with Gasteiger partial charge in [-0.2, -0.15) is 0 Å². The average Bonchev–Trinajstić information content (AvgIpc) is 3.17. The first kappa shape index (κ1) is 14.1. The highest BCUT2D eigenvalue weighted by Crippen LogP contribution is 2.37. The van der Waals surface area contributed by atoms with Crippen molar-refractivity contribution in [2.75, 3.05) is 5.32 Å². The highest BCUT2D eigenvalue weighted by atomic mass is 127. The molecule has 1 saturated carbocycles. The van der Waals surface area contributed by atoms with Gasteiger partial charge in [-0.1, -0.05) is 6.07 Å². The van der Waals surface area contributed by atoms with Crippen molar-refractivity contribution in [3.63, 3.8) is 0 Å². The summed E-state index contributed by atoms with van der Waals surface area (Å²) in [6.07, 6.45) is 4.30. The fourth-order valence-corrected chi connectivity index (χ4v) is 3.10. The normalized spacial score (nSPS) is 14.3. The van der Waals surface area contributed by atoms with Crippen molar-refractivity contribution >= 4 is 50.1 Å². The molecular formula is C15H14BrIN2O. The van der Waals surface area contributed by atoms with E-state index in [4.69, 9.17) is 0 Å². The molecule has 5 heteroatoms. The standard InChI is InChI=1S/C15H14BrIN2O/c1-9-2-3-11(7-13(9)17)18-15(20)14-6-10(16)8-19(14)12-4-5-12/h2-3,6-8,12H,4-5H2,1H3,(H,18,20). The number of benzene rings is 1. The van der Waals surface area contributed by atoms with E-state index in [0.717, 1.165) is 32.3 Å². The number of amides is 1. The first-order chi connectivity index (χ1) is 9.54. The van der Waals surface area contributed by atoms with Crippen LogP contribution in [0.3, 0.4) is 0 Å². The van der Waals surface area contributed by atoms with Crippen LogP contribution in [0.2, 0.25) is 0 Å². The lowest BCUT2D eigenvalue weighted by molar-refractivity contribution is 0.101. The number of halogens is 2. The maximum atomic E-state index is 12.4. The number of nitrogens with zero attached hydrogens (tertiary/aromatic N) is 1. The first-order valence-corrected chi connectivity index (χ1v) is 8.36. The Labute approximate surface area is 140 Å². The van der Waals surface area contributed by atoms with E-state index in [1.807, 2.05) is 30.5 Å². The highest BCUT2D eigenvalue weighted by molar-refractivity contribution is 14.1. The van der Waals surface area contributed by atoms with Gasteiger partial charge >= 0.3 is 0 Å². The molecule has 0 spiro atoms. The summed E-state index contributed by atoms with van der Waals surface area (Å²) in [4.78, 5) is 12.4. The van der Waals surface area contributed by atoms with E-state index < -0.39 is 0 Å². The molecule has 0 unspecified atom stereocenters. The van der Waals surface area contributed by atoms with Gasteiger partial charge in [-0.25, -0.2) is 0 Å². The van der Waals surface area contributed by atoms with Crippen LogP contribution in [0.1, 0.15) is 34.9 Å². The number of anilines is 1. The van der Waals surface area contributed by atoms with Gasteiger partial charge in [0.15, 0.2) is 0 Å². The second-order valence-corrected chi connectivity index (χ2v) is 7.18. The quantitative estimate of drug-likeness (QED) is 0.681. The van der Waals surface area contributed by atoms with Crippen LogP contribution in [-0.2, 0) is 0 Å². The Bertz CT molecular complexity index is 677. The Hall–Kier alpha value is -0.820. The van der Waals surface area contributed by atoms with Crippen LogP contribution in [0.15, 0.2) is 34.9 Å². The van der Waals surface area contributed by atoms with Crippen molar-refractivity contribution in [1.29, 1.82) is 0 Å². The Morgan fingerprint density at radius 1 is 1.40 bits per heavy atom. The smallest absolute Gasteiger partial charge is 0.272 e. The molecule has 0 saturated heterocycles. The summed E-state index contributed by atoms with van der Waals surface area (Å²) in [5.41, 5.74) is 2.77. The van der Waals surface area contributed by atoms with E-state index in [1.165, 1.54) is 5.56 Å². The largest absolute Gasteiger partial charge is 0.339 e. The van der Waals surface area contributed by atoms with Crippen molar-refractivity contribution in [3.8, 4) is 0 Å². The molecule has 1 aliphatic carbocycles. The van der Waals surface area contributed by atoms with Gasteiger partial charge in [0.05, 0.1) is 0 Å². The Kier molecular flexibility index (Phi) is 3.90. The Morgan fingerprint density at radius 3 is 2.80 bits per heavy atom. The van der Waals surface area contributed by atoms with E-state index in [0.29, 0.717) is 6.04 Å². The molecular weight excluding hydrogens is 431 g/mol. The van der Waals surface area contributed by atoms with Crippen LogP contribution < -0.4 is 5.32 Å².